The first-order valence-corrected chi connectivity index (χ1v) is 11.9. The maximum Gasteiger partial charge on any atom is 0.254 e. The Morgan fingerprint density at radius 1 is 1.30 bits per heavy atom. The van der Waals surface area contributed by atoms with Crippen molar-refractivity contribution >= 4 is 45.9 Å². The molecule has 0 fully saturated rings. The molecule has 2 aromatic heterocycles. The van der Waals surface area contributed by atoms with Crippen LogP contribution in [0.25, 0.3) is 0 Å². The minimum absolute atomic E-state index is 0.150. The number of amides is 1. The number of thioether (sulfide) groups is 2. The highest BCUT2D eigenvalue weighted by molar-refractivity contribution is 8.00. The fourth-order valence-electron chi connectivity index (χ4n) is 2.54. The average molecular weight is 459 g/mol. The number of anilines is 1. The van der Waals surface area contributed by atoms with Crippen molar-refractivity contribution in [3.05, 3.63) is 57.0 Å². The van der Waals surface area contributed by atoms with E-state index in [0.29, 0.717) is 39.3 Å². The molecular formula is C19H18N6O2S3. The second-order valence-corrected chi connectivity index (χ2v) is 9.15. The first kappa shape index (κ1) is 22.0. The van der Waals surface area contributed by atoms with E-state index in [1.165, 1.54) is 34.9 Å². The zero-order valence-electron chi connectivity index (χ0n) is 16.3. The van der Waals surface area contributed by atoms with Crippen molar-refractivity contribution < 1.29 is 4.79 Å². The first-order chi connectivity index (χ1) is 14.5. The van der Waals surface area contributed by atoms with Crippen molar-refractivity contribution in [1.29, 1.82) is 5.26 Å². The molecule has 2 heterocycles. The minimum Gasteiger partial charge on any atom is -0.301 e. The number of nitriles is 1. The van der Waals surface area contributed by atoms with E-state index in [9.17, 15) is 9.59 Å². The maximum absolute atomic E-state index is 12.2. The molecular weight excluding hydrogens is 440 g/mol. The number of hydrogen-bond donors (Lipinski definition) is 2. The third-order valence-corrected chi connectivity index (χ3v) is 6.72. The van der Waals surface area contributed by atoms with Gasteiger partial charge in [-0.3, -0.25) is 9.59 Å². The van der Waals surface area contributed by atoms with Gasteiger partial charge in [0.1, 0.15) is 0 Å². The number of nitrogens with zero attached hydrogens (tertiary/aromatic N) is 4. The third kappa shape index (κ3) is 5.91. The van der Waals surface area contributed by atoms with E-state index in [-0.39, 0.29) is 17.9 Å². The molecule has 1 amide bonds. The van der Waals surface area contributed by atoms with E-state index in [1.807, 2.05) is 18.4 Å². The number of H-pyrrole nitrogens is 1. The molecule has 0 unspecified atom stereocenters. The fraction of sp³-hybridized carbons (Fsp3) is 0.263. The SMILES string of the molecule is CSc1nc(C)c(CCC(=O)Nc2nnc(SCc3ccc(C#N)cc3)s2)c(=O)[nH]1. The number of benzene rings is 1. The first-order valence-electron chi connectivity index (χ1n) is 8.87. The van der Waals surface area contributed by atoms with E-state index in [0.717, 1.165) is 9.90 Å². The molecule has 1 aromatic carbocycles. The molecule has 3 rings (SSSR count). The van der Waals surface area contributed by atoms with Crippen LogP contribution in [0, 0.1) is 18.3 Å². The number of hydrogen-bond acceptors (Lipinski definition) is 9. The molecule has 30 heavy (non-hydrogen) atoms. The highest BCUT2D eigenvalue weighted by Crippen LogP contribution is 2.28. The molecule has 2 N–H and O–H groups in total. The van der Waals surface area contributed by atoms with Crippen molar-refractivity contribution in [1.82, 2.24) is 20.2 Å². The van der Waals surface area contributed by atoms with Crippen molar-refractivity contribution in [2.45, 2.75) is 35.0 Å². The Morgan fingerprint density at radius 3 is 2.73 bits per heavy atom. The summed E-state index contributed by atoms with van der Waals surface area (Å²) < 4.78 is 0.735. The maximum atomic E-state index is 12.2. The van der Waals surface area contributed by atoms with Crippen LogP contribution in [-0.4, -0.2) is 32.3 Å². The quantitative estimate of drug-likeness (QED) is 0.299. The molecule has 0 aliphatic heterocycles. The largest absolute Gasteiger partial charge is 0.301 e. The van der Waals surface area contributed by atoms with Crippen LogP contribution in [0.3, 0.4) is 0 Å². The normalized spacial score (nSPS) is 10.6. The summed E-state index contributed by atoms with van der Waals surface area (Å²) in [7, 11) is 0. The van der Waals surface area contributed by atoms with E-state index in [1.54, 1.807) is 19.1 Å². The van der Waals surface area contributed by atoms with Gasteiger partial charge < -0.3 is 10.3 Å². The Labute approximate surface area is 185 Å². The number of carbonyl (C=O) groups excluding carboxylic acids is 1. The van der Waals surface area contributed by atoms with Crippen LogP contribution in [0.2, 0.25) is 0 Å². The molecule has 3 aromatic rings. The molecule has 8 nitrogen and oxygen atoms in total. The van der Waals surface area contributed by atoms with Crippen molar-refractivity contribution in [3.8, 4) is 6.07 Å². The van der Waals surface area contributed by atoms with Crippen molar-refractivity contribution in [2.75, 3.05) is 11.6 Å². The van der Waals surface area contributed by atoms with Gasteiger partial charge in [0.25, 0.3) is 5.56 Å². The second-order valence-electron chi connectivity index (χ2n) is 6.16. The Kier molecular flexibility index (Phi) is 7.62. The van der Waals surface area contributed by atoms with Crippen LogP contribution in [-0.2, 0) is 17.0 Å². The van der Waals surface area contributed by atoms with E-state index < -0.39 is 0 Å². The van der Waals surface area contributed by atoms with Crippen LogP contribution in [0.4, 0.5) is 5.13 Å². The van der Waals surface area contributed by atoms with Gasteiger partial charge in [-0.2, -0.15) is 5.26 Å². The zero-order chi connectivity index (χ0) is 21.5. The summed E-state index contributed by atoms with van der Waals surface area (Å²) in [4.78, 5) is 31.4. The molecule has 0 saturated carbocycles. The summed E-state index contributed by atoms with van der Waals surface area (Å²) in [6.07, 6.45) is 2.29. The lowest BCUT2D eigenvalue weighted by Gasteiger charge is -2.05. The van der Waals surface area contributed by atoms with Crippen molar-refractivity contribution in [2.24, 2.45) is 0 Å². The van der Waals surface area contributed by atoms with Crippen LogP contribution in [0.1, 0.15) is 28.8 Å². The molecule has 154 valence electrons. The molecule has 11 heteroatoms. The van der Waals surface area contributed by atoms with Gasteiger partial charge in [-0.15, -0.1) is 10.2 Å². The van der Waals surface area contributed by atoms with E-state index in [2.05, 4.69) is 31.6 Å². The number of rotatable bonds is 8. The molecule has 0 atom stereocenters. The van der Waals surface area contributed by atoms with Gasteiger partial charge in [0.15, 0.2) is 9.50 Å². The third-order valence-electron chi connectivity index (χ3n) is 4.09. The van der Waals surface area contributed by atoms with Crippen LogP contribution in [0.15, 0.2) is 38.6 Å². The summed E-state index contributed by atoms with van der Waals surface area (Å²) in [5.41, 5.74) is 2.63. The zero-order valence-corrected chi connectivity index (χ0v) is 18.7. The Hall–Kier alpha value is -2.68. The monoisotopic (exact) mass is 458 g/mol. The molecule has 0 bridgehead atoms. The van der Waals surface area contributed by atoms with Gasteiger partial charge in [0, 0.05) is 23.4 Å². The molecule has 0 aliphatic rings. The van der Waals surface area contributed by atoms with Gasteiger partial charge in [-0.05, 0) is 37.3 Å². The number of aromatic nitrogens is 4. The van der Waals surface area contributed by atoms with Gasteiger partial charge >= 0.3 is 0 Å². The lowest BCUT2D eigenvalue weighted by Crippen LogP contribution is -2.20. The number of aromatic amines is 1. The molecule has 0 radical (unpaired) electrons. The smallest absolute Gasteiger partial charge is 0.254 e. The highest BCUT2D eigenvalue weighted by atomic mass is 32.2. The molecule has 0 aliphatic carbocycles. The van der Waals surface area contributed by atoms with E-state index in [4.69, 9.17) is 5.26 Å². The van der Waals surface area contributed by atoms with Crippen molar-refractivity contribution in [3.63, 3.8) is 0 Å². The Balaban J connectivity index is 1.51. The number of aryl methyl sites for hydroxylation is 1. The number of carbonyl (C=O) groups is 1. The second kappa shape index (κ2) is 10.4. The Bertz CT molecular complexity index is 1130. The van der Waals surface area contributed by atoms with Crippen LogP contribution < -0.4 is 10.9 Å². The minimum atomic E-state index is -0.234. The van der Waals surface area contributed by atoms with Gasteiger partial charge in [0.05, 0.1) is 11.6 Å². The van der Waals surface area contributed by atoms with Crippen LogP contribution >= 0.6 is 34.9 Å². The van der Waals surface area contributed by atoms with Gasteiger partial charge in [-0.1, -0.05) is 47.0 Å². The Morgan fingerprint density at radius 2 is 2.07 bits per heavy atom. The molecule has 0 spiro atoms. The lowest BCUT2D eigenvalue weighted by atomic mass is 10.1. The van der Waals surface area contributed by atoms with E-state index >= 15 is 0 Å². The predicted molar refractivity (Wildman–Crippen MR) is 119 cm³/mol. The van der Waals surface area contributed by atoms with Gasteiger partial charge in [-0.25, -0.2) is 4.98 Å². The summed E-state index contributed by atoms with van der Waals surface area (Å²) in [6, 6.07) is 9.45. The summed E-state index contributed by atoms with van der Waals surface area (Å²) in [6.45, 7) is 1.77. The average Bonchev–Trinajstić information content (AvgIpc) is 3.19. The number of nitrogens with one attached hydrogen (secondary N) is 2. The predicted octanol–water partition coefficient (Wildman–Crippen LogP) is 3.39. The van der Waals surface area contributed by atoms with Crippen LogP contribution in [0.5, 0.6) is 0 Å². The summed E-state index contributed by atoms with van der Waals surface area (Å²) in [5, 5.41) is 20.6. The summed E-state index contributed by atoms with van der Waals surface area (Å²) in [5.74, 6) is 0.456. The highest BCUT2D eigenvalue weighted by Gasteiger charge is 2.13. The lowest BCUT2D eigenvalue weighted by molar-refractivity contribution is -0.116. The summed E-state index contributed by atoms with van der Waals surface area (Å²) >= 11 is 4.17. The van der Waals surface area contributed by atoms with Gasteiger partial charge in [0.2, 0.25) is 11.0 Å². The standard InChI is InChI=1S/C19H18N6O2S3/c1-11-14(16(27)23-17(21-11)28-2)7-8-15(26)22-18-24-25-19(30-18)29-10-13-5-3-12(9-20)4-6-13/h3-6H,7-8,10H2,1-2H3,(H,21,23,27)(H,22,24,26). The molecule has 0 saturated heterocycles. The fourth-order valence-corrected chi connectivity index (χ4v) is 4.68. The topological polar surface area (TPSA) is 124 Å².